The van der Waals surface area contributed by atoms with Crippen molar-refractivity contribution in [2.24, 2.45) is 10.7 Å². The average molecular weight is 416 g/mol. The van der Waals surface area contributed by atoms with Crippen LogP contribution in [0.25, 0.3) is 22.0 Å². The van der Waals surface area contributed by atoms with E-state index in [-0.39, 0.29) is 17.2 Å². The van der Waals surface area contributed by atoms with Gasteiger partial charge in [0.2, 0.25) is 0 Å². The molecule has 9 heteroatoms. The summed E-state index contributed by atoms with van der Waals surface area (Å²) in [5.41, 5.74) is 5.60. The Balaban J connectivity index is 1.85. The number of allylic oxidation sites excluding steroid dienone is 1. The van der Waals surface area contributed by atoms with Gasteiger partial charge in [-0.05, 0) is 35.9 Å². The Bertz CT molecular complexity index is 1170. The highest BCUT2D eigenvalue weighted by molar-refractivity contribution is 6.11. The summed E-state index contributed by atoms with van der Waals surface area (Å²) in [7, 11) is 1.23. The molecule has 2 aromatic carbocycles. The summed E-state index contributed by atoms with van der Waals surface area (Å²) in [6.07, 6.45) is -2.64. The van der Waals surface area contributed by atoms with Gasteiger partial charge in [-0.3, -0.25) is 14.8 Å². The maximum atomic E-state index is 13.4. The Labute approximate surface area is 168 Å². The lowest BCUT2D eigenvalue weighted by atomic mass is 10.0. The minimum atomic E-state index is -4.73. The highest BCUT2D eigenvalue weighted by Crippen LogP contribution is 2.24. The van der Waals surface area contributed by atoms with Crippen molar-refractivity contribution >= 4 is 22.6 Å². The van der Waals surface area contributed by atoms with Gasteiger partial charge in [0.15, 0.2) is 0 Å². The van der Waals surface area contributed by atoms with Crippen LogP contribution >= 0.6 is 0 Å². The van der Waals surface area contributed by atoms with E-state index in [0.29, 0.717) is 28.1 Å². The highest BCUT2D eigenvalue weighted by Gasteiger charge is 2.31. The lowest BCUT2D eigenvalue weighted by Gasteiger charge is -2.09. The van der Waals surface area contributed by atoms with Gasteiger partial charge >= 0.3 is 6.18 Å². The second kappa shape index (κ2) is 8.32. The fraction of sp³-hybridized carbons (Fsp3) is 0.0952. The molecule has 0 unspecified atom stereocenters. The van der Waals surface area contributed by atoms with Crippen LogP contribution in [-0.4, -0.2) is 30.0 Å². The number of amides is 1. The molecule has 0 aliphatic rings. The van der Waals surface area contributed by atoms with Crippen LogP contribution in [-0.2, 0) is 0 Å². The smallest absolute Gasteiger partial charge is 0.395 e. The van der Waals surface area contributed by atoms with E-state index in [9.17, 15) is 22.4 Å². The summed E-state index contributed by atoms with van der Waals surface area (Å²) in [4.78, 5) is 20.3. The number of rotatable bonds is 3. The summed E-state index contributed by atoms with van der Waals surface area (Å²) in [6, 6.07) is 12.5. The molecule has 3 N–H and O–H groups in total. The SMILES string of the molecule is CN=C(/C=C(\N)C(F)(F)F)NC(=O)c1ccc2cc(-c3cccc(F)c3)cnc2c1. The number of halogens is 4. The van der Waals surface area contributed by atoms with E-state index in [0.717, 1.165) is 0 Å². The van der Waals surface area contributed by atoms with Gasteiger partial charge in [-0.15, -0.1) is 0 Å². The summed E-state index contributed by atoms with van der Waals surface area (Å²) < 4.78 is 51.1. The van der Waals surface area contributed by atoms with Crippen LogP contribution in [0.1, 0.15) is 10.4 Å². The molecule has 30 heavy (non-hydrogen) atoms. The minimum Gasteiger partial charge on any atom is -0.395 e. The summed E-state index contributed by atoms with van der Waals surface area (Å²) in [6.45, 7) is 0. The molecule has 0 atom stereocenters. The average Bonchev–Trinajstić information content (AvgIpc) is 2.71. The Morgan fingerprint density at radius 1 is 1.13 bits per heavy atom. The lowest BCUT2D eigenvalue weighted by Crippen LogP contribution is -2.31. The normalized spacial score (nSPS) is 12.8. The maximum absolute atomic E-state index is 13.4. The van der Waals surface area contributed by atoms with Gasteiger partial charge < -0.3 is 11.1 Å². The second-order valence-corrected chi connectivity index (χ2v) is 6.30. The molecule has 3 rings (SSSR count). The summed E-state index contributed by atoms with van der Waals surface area (Å²) in [5, 5.41) is 2.99. The van der Waals surface area contributed by atoms with Crippen molar-refractivity contribution in [3.05, 3.63) is 77.9 Å². The first-order valence-corrected chi connectivity index (χ1v) is 8.65. The van der Waals surface area contributed by atoms with E-state index < -0.39 is 17.8 Å². The number of fused-ring (bicyclic) bond motifs is 1. The molecule has 0 radical (unpaired) electrons. The molecule has 5 nitrogen and oxygen atoms in total. The van der Waals surface area contributed by atoms with Gasteiger partial charge in [-0.1, -0.05) is 18.2 Å². The van der Waals surface area contributed by atoms with Gasteiger partial charge in [0, 0.05) is 35.8 Å². The Morgan fingerprint density at radius 3 is 2.57 bits per heavy atom. The zero-order valence-corrected chi connectivity index (χ0v) is 15.7. The number of amidine groups is 1. The molecule has 1 heterocycles. The molecule has 0 aliphatic carbocycles. The number of hydrogen-bond acceptors (Lipinski definition) is 4. The van der Waals surface area contributed by atoms with Crippen LogP contribution in [0, 0.1) is 5.82 Å². The van der Waals surface area contributed by atoms with Gasteiger partial charge in [0.1, 0.15) is 17.3 Å². The number of nitrogens with two attached hydrogens (primary N) is 1. The number of aromatic nitrogens is 1. The predicted molar refractivity (Wildman–Crippen MR) is 106 cm³/mol. The summed E-state index contributed by atoms with van der Waals surface area (Å²) in [5.74, 6) is -1.36. The van der Waals surface area contributed by atoms with Crippen LogP contribution in [0.4, 0.5) is 17.6 Å². The van der Waals surface area contributed by atoms with E-state index in [1.807, 2.05) is 0 Å². The van der Waals surface area contributed by atoms with Gasteiger partial charge in [0.25, 0.3) is 5.91 Å². The van der Waals surface area contributed by atoms with E-state index in [4.69, 9.17) is 5.73 Å². The number of benzene rings is 2. The van der Waals surface area contributed by atoms with E-state index in [1.165, 1.54) is 31.3 Å². The third-order valence-corrected chi connectivity index (χ3v) is 4.21. The molecule has 0 spiro atoms. The number of hydrogen-bond donors (Lipinski definition) is 2. The number of carbonyl (C=O) groups excluding carboxylic acids is 1. The molecule has 0 saturated carbocycles. The first-order valence-electron chi connectivity index (χ1n) is 8.65. The number of pyridine rings is 1. The van der Waals surface area contributed by atoms with Crippen molar-refractivity contribution in [2.75, 3.05) is 7.05 Å². The van der Waals surface area contributed by atoms with Crippen molar-refractivity contribution in [2.45, 2.75) is 6.18 Å². The molecule has 0 fully saturated rings. The van der Waals surface area contributed by atoms with Crippen molar-refractivity contribution in [3.63, 3.8) is 0 Å². The van der Waals surface area contributed by atoms with Crippen LogP contribution in [0.2, 0.25) is 0 Å². The standard InChI is InChI=1S/C21H16F4N4O/c1-27-19(10-18(26)21(23,24)25)29-20(30)14-6-5-13-7-15(11-28-17(13)9-14)12-3-2-4-16(22)8-12/h2-11H,26H2,1H3,(H,27,29,30)/b18-10-. The molecule has 3 aromatic rings. The topological polar surface area (TPSA) is 80.4 Å². The number of aliphatic imine (C=N–C) groups is 1. The second-order valence-electron chi connectivity index (χ2n) is 6.30. The fourth-order valence-electron chi connectivity index (χ4n) is 2.66. The summed E-state index contributed by atoms with van der Waals surface area (Å²) >= 11 is 0. The van der Waals surface area contributed by atoms with Crippen molar-refractivity contribution in [3.8, 4) is 11.1 Å². The lowest BCUT2D eigenvalue weighted by molar-refractivity contribution is -0.0925. The van der Waals surface area contributed by atoms with Gasteiger partial charge in [0.05, 0.1) is 5.52 Å². The Hall–Kier alpha value is -3.75. The number of carbonyl (C=O) groups is 1. The predicted octanol–water partition coefficient (Wildman–Crippen LogP) is 4.20. The number of alkyl halides is 3. The molecule has 1 aromatic heterocycles. The quantitative estimate of drug-likeness (QED) is 0.381. The third-order valence-electron chi connectivity index (χ3n) is 4.21. The third kappa shape index (κ3) is 4.80. The van der Waals surface area contributed by atoms with Crippen molar-refractivity contribution in [1.82, 2.24) is 10.3 Å². The molecule has 0 saturated heterocycles. The van der Waals surface area contributed by atoms with Crippen molar-refractivity contribution in [1.29, 1.82) is 0 Å². The Morgan fingerprint density at radius 2 is 1.90 bits per heavy atom. The van der Waals surface area contributed by atoms with Crippen LogP contribution < -0.4 is 11.1 Å². The maximum Gasteiger partial charge on any atom is 0.430 e. The zero-order chi connectivity index (χ0) is 21.9. The van der Waals surface area contributed by atoms with Crippen LogP contribution in [0.3, 0.4) is 0 Å². The van der Waals surface area contributed by atoms with Gasteiger partial charge in [-0.2, -0.15) is 13.2 Å². The van der Waals surface area contributed by atoms with E-state index in [2.05, 4.69) is 15.3 Å². The molecule has 0 aliphatic heterocycles. The molecule has 1 amide bonds. The van der Waals surface area contributed by atoms with Crippen LogP contribution in [0.5, 0.6) is 0 Å². The molecule has 154 valence electrons. The molecular weight excluding hydrogens is 400 g/mol. The van der Waals surface area contributed by atoms with E-state index in [1.54, 1.807) is 30.5 Å². The fourth-order valence-corrected chi connectivity index (χ4v) is 2.66. The molecular formula is C21H16F4N4O. The van der Waals surface area contributed by atoms with Crippen molar-refractivity contribution < 1.29 is 22.4 Å². The largest absolute Gasteiger partial charge is 0.430 e. The highest BCUT2D eigenvalue weighted by atomic mass is 19.4. The van der Waals surface area contributed by atoms with E-state index >= 15 is 0 Å². The Kier molecular flexibility index (Phi) is 5.81. The zero-order valence-electron chi connectivity index (χ0n) is 15.7. The first-order chi connectivity index (χ1) is 14.2. The minimum absolute atomic E-state index is 0.175. The monoisotopic (exact) mass is 416 g/mol. The number of nitrogens with one attached hydrogen (secondary N) is 1. The molecule has 0 bridgehead atoms. The first kappa shape index (κ1) is 21.0. The van der Waals surface area contributed by atoms with Gasteiger partial charge in [-0.25, -0.2) is 4.39 Å². The number of nitrogens with zero attached hydrogens (tertiary/aromatic N) is 2. The van der Waals surface area contributed by atoms with Crippen LogP contribution in [0.15, 0.2) is 71.5 Å².